The minimum Gasteiger partial charge on any atom is -0.507 e. The summed E-state index contributed by atoms with van der Waals surface area (Å²) in [7, 11) is 1.62. The number of ketones is 1. The molecule has 1 heterocycles. The summed E-state index contributed by atoms with van der Waals surface area (Å²) in [6.45, 7) is 15.9. The lowest BCUT2D eigenvalue weighted by atomic mass is 9.91. The number of carbonyl (C=O) groups excluding carboxylic acids is 2. The zero-order valence-electron chi connectivity index (χ0n) is 24.8. The van der Waals surface area contributed by atoms with Crippen LogP contribution in [0.4, 0.5) is 11.4 Å². The summed E-state index contributed by atoms with van der Waals surface area (Å²) >= 11 is 0. The Hall–Kier alpha value is -4.06. The predicted molar refractivity (Wildman–Crippen MR) is 163 cm³/mol. The summed E-state index contributed by atoms with van der Waals surface area (Å²) in [6, 6.07) is 16.6. The molecule has 1 amide bonds. The quantitative estimate of drug-likeness (QED) is 0.186. The third-order valence-electron chi connectivity index (χ3n) is 8.00. The summed E-state index contributed by atoms with van der Waals surface area (Å²) in [5.41, 5.74) is 6.82. The fraction of sp³-hybridized carbons (Fsp3) is 0.353. The zero-order valence-corrected chi connectivity index (χ0v) is 24.8. The molecule has 3 aromatic carbocycles. The zero-order chi connectivity index (χ0) is 29.3. The summed E-state index contributed by atoms with van der Waals surface area (Å²) in [5.74, 6) is -0.677. The number of amides is 1. The van der Waals surface area contributed by atoms with Gasteiger partial charge in [0.2, 0.25) is 0 Å². The molecule has 1 aliphatic heterocycles. The number of methoxy groups -OCH3 is 1. The predicted octanol–water partition coefficient (Wildman–Crippen LogP) is 7.22. The molecule has 4 rings (SSSR count). The number of aryl methyl sites for hydroxylation is 3. The van der Waals surface area contributed by atoms with Crippen molar-refractivity contribution in [1.29, 1.82) is 0 Å². The van der Waals surface area contributed by atoms with Crippen LogP contribution in [0, 0.1) is 20.8 Å². The Labute approximate surface area is 237 Å². The van der Waals surface area contributed by atoms with Crippen molar-refractivity contribution in [3.8, 4) is 5.75 Å². The second kappa shape index (κ2) is 11.6. The first-order valence-electron chi connectivity index (χ1n) is 14.0. The molecule has 1 saturated heterocycles. The van der Waals surface area contributed by atoms with E-state index < -0.39 is 17.7 Å². The first-order valence-corrected chi connectivity index (χ1v) is 14.0. The smallest absolute Gasteiger partial charge is 0.300 e. The van der Waals surface area contributed by atoms with Crippen molar-refractivity contribution >= 4 is 28.8 Å². The number of rotatable bonds is 8. The van der Waals surface area contributed by atoms with E-state index in [4.69, 9.17) is 4.74 Å². The van der Waals surface area contributed by atoms with Crippen molar-refractivity contribution in [1.82, 2.24) is 0 Å². The molecule has 1 unspecified atom stereocenters. The molecule has 6 nitrogen and oxygen atoms in total. The van der Waals surface area contributed by atoms with E-state index >= 15 is 0 Å². The lowest BCUT2D eigenvalue weighted by Crippen LogP contribution is -2.29. The molecule has 210 valence electrons. The molecular formula is C34H40N2O4. The number of aliphatic hydroxyl groups is 1. The van der Waals surface area contributed by atoms with Crippen LogP contribution in [0.15, 0.2) is 60.2 Å². The standard InChI is InChI=1S/C34H40N2O4/c1-9-35(10-2)25-15-12-24(13-16-25)31-30(32(37)28-19-27(20(3)4)29(40-8)18-23(28)7)33(38)34(39)36(31)26-14-11-21(5)22(6)17-26/h11-20,31,37H,9-10H2,1-8H3/b32-30+. The van der Waals surface area contributed by atoms with Gasteiger partial charge in [0.1, 0.15) is 11.5 Å². The largest absolute Gasteiger partial charge is 0.507 e. The van der Waals surface area contributed by atoms with Gasteiger partial charge in [-0.2, -0.15) is 0 Å². The van der Waals surface area contributed by atoms with Crippen LogP contribution in [0.3, 0.4) is 0 Å². The third-order valence-corrected chi connectivity index (χ3v) is 8.00. The Morgan fingerprint density at radius 1 is 0.925 bits per heavy atom. The number of Topliss-reactive ketones (excluding diaryl/α,β-unsaturated/α-hetero) is 1. The molecule has 0 saturated carbocycles. The van der Waals surface area contributed by atoms with E-state index in [1.807, 2.05) is 89.2 Å². The van der Waals surface area contributed by atoms with Crippen molar-refractivity contribution in [2.75, 3.05) is 30.0 Å². The Bertz CT molecular complexity index is 1470. The highest BCUT2D eigenvalue weighted by atomic mass is 16.5. The van der Waals surface area contributed by atoms with Gasteiger partial charge in [-0.05, 0) is 105 Å². The average Bonchev–Trinajstić information content (AvgIpc) is 3.20. The van der Waals surface area contributed by atoms with E-state index in [9.17, 15) is 14.7 Å². The summed E-state index contributed by atoms with van der Waals surface area (Å²) in [6.07, 6.45) is 0. The Morgan fingerprint density at radius 2 is 1.57 bits per heavy atom. The topological polar surface area (TPSA) is 70.1 Å². The SMILES string of the molecule is CCN(CC)c1ccc(C2/C(=C(\O)c3cc(C(C)C)c(OC)cc3C)C(=O)C(=O)N2c2ccc(C)c(C)c2)cc1. The number of hydrogen-bond acceptors (Lipinski definition) is 5. The molecule has 40 heavy (non-hydrogen) atoms. The maximum absolute atomic E-state index is 13.7. The van der Waals surface area contributed by atoms with E-state index in [2.05, 4.69) is 18.7 Å². The van der Waals surface area contributed by atoms with Crippen LogP contribution in [0.5, 0.6) is 5.75 Å². The first kappa shape index (κ1) is 28.9. The van der Waals surface area contributed by atoms with Crippen molar-refractivity contribution < 1.29 is 19.4 Å². The summed E-state index contributed by atoms with van der Waals surface area (Å²) in [5, 5.41) is 11.8. The molecule has 0 spiro atoms. The highest BCUT2D eigenvalue weighted by molar-refractivity contribution is 6.51. The normalized spacial score (nSPS) is 16.6. The van der Waals surface area contributed by atoms with Crippen LogP contribution in [-0.4, -0.2) is 37.0 Å². The van der Waals surface area contributed by atoms with Crippen molar-refractivity contribution in [3.05, 3.63) is 93.6 Å². The molecule has 1 fully saturated rings. The fourth-order valence-corrected chi connectivity index (χ4v) is 5.47. The summed E-state index contributed by atoms with van der Waals surface area (Å²) in [4.78, 5) is 31.1. The van der Waals surface area contributed by atoms with Gasteiger partial charge in [-0.3, -0.25) is 14.5 Å². The van der Waals surface area contributed by atoms with Gasteiger partial charge < -0.3 is 14.7 Å². The number of benzene rings is 3. The Morgan fingerprint density at radius 3 is 2.12 bits per heavy atom. The maximum Gasteiger partial charge on any atom is 0.300 e. The van der Waals surface area contributed by atoms with E-state index in [-0.39, 0.29) is 17.3 Å². The second-order valence-corrected chi connectivity index (χ2v) is 10.8. The maximum atomic E-state index is 13.7. The van der Waals surface area contributed by atoms with Gasteiger partial charge in [0, 0.05) is 30.0 Å². The monoisotopic (exact) mass is 540 g/mol. The number of nitrogens with zero attached hydrogens (tertiary/aromatic N) is 2. The second-order valence-electron chi connectivity index (χ2n) is 10.8. The molecule has 1 atom stereocenters. The van der Waals surface area contributed by atoms with E-state index in [0.717, 1.165) is 52.3 Å². The van der Waals surface area contributed by atoms with Crippen LogP contribution < -0.4 is 14.5 Å². The first-order chi connectivity index (χ1) is 19.0. The molecule has 0 radical (unpaired) electrons. The van der Waals surface area contributed by atoms with Gasteiger partial charge in [-0.25, -0.2) is 0 Å². The van der Waals surface area contributed by atoms with Gasteiger partial charge in [-0.15, -0.1) is 0 Å². The van der Waals surface area contributed by atoms with Gasteiger partial charge >= 0.3 is 0 Å². The molecule has 0 bridgehead atoms. The van der Waals surface area contributed by atoms with Crippen LogP contribution >= 0.6 is 0 Å². The van der Waals surface area contributed by atoms with E-state index in [1.54, 1.807) is 7.11 Å². The fourth-order valence-electron chi connectivity index (χ4n) is 5.47. The number of hydrogen-bond donors (Lipinski definition) is 1. The van der Waals surface area contributed by atoms with Crippen LogP contribution in [0.25, 0.3) is 5.76 Å². The molecule has 0 aromatic heterocycles. The number of anilines is 2. The Balaban J connectivity index is 1.97. The molecule has 1 aliphatic rings. The van der Waals surface area contributed by atoms with E-state index in [1.165, 1.54) is 4.90 Å². The van der Waals surface area contributed by atoms with Crippen molar-refractivity contribution in [2.45, 2.75) is 60.4 Å². The molecule has 3 aromatic rings. The minimum absolute atomic E-state index is 0.0850. The van der Waals surface area contributed by atoms with E-state index in [0.29, 0.717) is 11.3 Å². The molecular weight excluding hydrogens is 500 g/mol. The van der Waals surface area contributed by atoms with Gasteiger partial charge in [0.05, 0.1) is 18.7 Å². The van der Waals surface area contributed by atoms with Gasteiger partial charge in [0.25, 0.3) is 11.7 Å². The highest BCUT2D eigenvalue weighted by Gasteiger charge is 2.47. The lowest BCUT2D eigenvalue weighted by Gasteiger charge is -2.27. The summed E-state index contributed by atoms with van der Waals surface area (Å²) < 4.78 is 5.59. The van der Waals surface area contributed by atoms with Gasteiger partial charge in [-0.1, -0.05) is 32.0 Å². The molecule has 6 heteroatoms. The van der Waals surface area contributed by atoms with Crippen LogP contribution in [0.1, 0.15) is 73.0 Å². The van der Waals surface area contributed by atoms with Crippen LogP contribution in [0.2, 0.25) is 0 Å². The molecule has 1 N–H and O–H groups in total. The highest BCUT2D eigenvalue weighted by Crippen LogP contribution is 2.44. The number of aliphatic hydroxyl groups excluding tert-OH is 1. The number of ether oxygens (including phenoxy) is 1. The minimum atomic E-state index is -0.781. The number of carbonyl (C=O) groups is 2. The van der Waals surface area contributed by atoms with Gasteiger partial charge in [0.15, 0.2) is 0 Å². The van der Waals surface area contributed by atoms with Crippen molar-refractivity contribution in [3.63, 3.8) is 0 Å². The van der Waals surface area contributed by atoms with Crippen LogP contribution in [-0.2, 0) is 9.59 Å². The molecule has 0 aliphatic carbocycles. The Kier molecular flexibility index (Phi) is 8.38. The van der Waals surface area contributed by atoms with Crippen molar-refractivity contribution in [2.24, 2.45) is 0 Å². The third kappa shape index (κ3) is 5.10. The lowest BCUT2D eigenvalue weighted by molar-refractivity contribution is -0.132. The average molecular weight is 541 g/mol.